The van der Waals surface area contributed by atoms with Gasteiger partial charge in [0.05, 0.1) is 12.7 Å². The molecule has 0 radical (unpaired) electrons. The fraction of sp³-hybridized carbons (Fsp3) is 0.500. The van der Waals surface area contributed by atoms with Crippen LogP contribution in [0.5, 0.6) is 0 Å². The fourth-order valence-electron chi connectivity index (χ4n) is 2.83. The van der Waals surface area contributed by atoms with Crippen molar-refractivity contribution in [3.63, 3.8) is 0 Å². The highest BCUT2D eigenvalue weighted by molar-refractivity contribution is 7.19. The molecular formula is C16H22N2OS. The molecule has 2 aromatic rings. The molecular weight excluding hydrogens is 268 g/mol. The molecule has 0 atom stereocenters. The van der Waals surface area contributed by atoms with Gasteiger partial charge in [-0.05, 0) is 31.3 Å². The standard InChI is InChI=1S/C16H22N2OS/c1-18-8-6-12(7-9-18)19-11-14-13-4-2-3-5-15(13)20-16(14)10-17/h2-5,12H,6-11,17H2,1H3. The smallest absolute Gasteiger partial charge is 0.0738 e. The summed E-state index contributed by atoms with van der Waals surface area (Å²) in [6.45, 7) is 3.58. The van der Waals surface area contributed by atoms with Gasteiger partial charge in [0.2, 0.25) is 0 Å². The largest absolute Gasteiger partial charge is 0.373 e. The molecule has 0 spiro atoms. The molecule has 3 nitrogen and oxygen atoms in total. The van der Waals surface area contributed by atoms with Crippen molar-refractivity contribution in [2.24, 2.45) is 5.73 Å². The molecule has 1 aromatic carbocycles. The second-order valence-corrected chi connectivity index (χ2v) is 6.65. The first-order valence-corrected chi connectivity index (χ1v) is 8.09. The number of nitrogens with zero attached hydrogens (tertiary/aromatic N) is 1. The minimum atomic E-state index is 0.399. The molecule has 1 aliphatic heterocycles. The quantitative estimate of drug-likeness (QED) is 0.941. The van der Waals surface area contributed by atoms with Crippen LogP contribution in [0.1, 0.15) is 23.3 Å². The number of rotatable bonds is 4. The number of hydrogen-bond acceptors (Lipinski definition) is 4. The fourth-order valence-corrected chi connectivity index (χ4v) is 3.91. The van der Waals surface area contributed by atoms with Crippen molar-refractivity contribution in [3.05, 3.63) is 34.7 Å². The highest BCUT2D eigenvalue weighted by atomic mass is 32.1. The van der Waals surface area contributed by atoms with Crippen molar-refractivity contribution in [3.8, 4) is 0 Å². The van der Waals surface area contributed by atoms with Gasteiger partial charge in [0.25, 0.3) is 0 Å². The van der Waals surface area contributed by atoms with Gasteiger partial charge in [-0.15, -0.1) is 11.3 Å². The first-order valence-electron chi connectivity index (χ1n) is 7.27. The molecule has 0 unspecified atom stereocenters. The lowest BCUT2D eigenvalue weighted by Gasteiger charge is -2.29. The van der Waals surface area contributed by atoms with Crippen molar-refractivity contribution in [2.45, 2.75) is 32.1 Å². The Kier molecular flexibility index (Phi) is 4.36. The minimum absolute atomic E-state index is 0.399. The summed E-state index contributed by atoms with van der Waals surface area (Å²) in [5.74, 6) is 0. The molecule has 1 aromatic heterocycles. The lowest BCUT2D eigenvalue weighted by molar-refractivity contribution is 0.00248. The highest BCUT2D eigenvalue weighted by Crippen LogP contribution is 2.32. The summed E-state index contributed by atoms with van der Waals surface area (Å²) in [5.41, 5.74) is 7.19. The summed E-state index contributed by atoms with van der Waals surface area (Å²) < 4.78 is 7.47. The molecule has 2 heterocycles. The van der Waals surface area contributed by atoms with Gasteiger partial charge in [0, 0.05) is 34.8 Å². The number of thiophene rings is 1. The van der Waals surface area contributed by atoms with Crippen molar-refractivity contribution in [2.75, 3.05) is 20.1 Å². The Balaban J connectivity index is 1.73. The average Bonchev–Trinajstić information content (AvgIpc) is 2.84. The number of benzene rings is 1. The molecule has 1 saturated heterocycles. The molecule has 20 heavy (non-hydrogen) atoms. The van der Waals surface area contributed by atoms with Gasteiger partial charge in [-0.3, -0.25) is 0 Å². The van der Waals surface area contributed by atoms with E-state index in [9.17, 15) is 0 Å². The maximum atomic E-state index is 6.15. The Bertz CT molecular complexity index is 573. The van der Waals surface area contributed by atoms with Crippen LogP contribution in [0.3, 0.4) is 0 Å². The molecule has 2 N–H and O–H groups in total. The van der Waals surface area contributed by atoms with Crippen molar-refractivity contribution in [1.82, 2.24) is 4.90 Å². The first kappa shape index (κ1) is 14.0. The second kappa shape index (κ2) is 6.22. The van der Waals surface area contributed by atoms with E-state index in [0.29, 0.717) is 19.3 Å². The number of nitrogens with two attached hydrogens (primary N) is 1. The predicted octanol–water partition coefficient (Wildman–Crippen LogP) is 2.97. The molecule has 3 rings (SSSR count). The van der Waals surface area contributed by atoms with Crippen LogP contribution in [0.2, 0.25) is 0 Å². The summed E-state index contributed by atoms with van der Waals surface area (Å²) in [6, 6.07) is 8.52. The predicted molar refractivity (Wildman–Crippen MR) is 85.0 cm³/mol. The molecule has 1 aliphatic rings. The zero-order chi connectivity index (χ0) is 13.9. The lowest BCUT2D eigenvalue weighted by Crippen LogP contribution is -2.34. The molecule has 0 bridgehead atoms. The van der Waals surface area contributed by atoms with Crippen molar-refractivity contribution in [1.29, 1.82) is 0 Å². The third-order valence-electron chi connectivity index (χ3n) is 4.10. The summed E-state index contributed by atoms with van der Waals surface area (Å²) in [5, 5.41) is 1.31. The summed E-state index contributed by atoms with van der Waals surface area (Å²) in [4.78, 5) is 3.63. The monoisotopic (exact) mass is 290 g/mol. The van der Waals surface area contributed by atoms with E-state index < -0.39 is 0 Å². The van der Waals surface area contributed by atoms with Gasteiger partial charge in [0.1, 0.15) is 0 Å². The Hall–Kier alpha value is -0.940. The molecule has 1 fully saturated rings. The van der Waals surface area contributed by atoms with Crippen LogP contribution in [0.25, 0.3) is 10.1 Å². The minimum Gasteiger partial charge on any atom is -0.373 e. The summed E-state index contributed by atoms with van der Waals surface area (Å²) in [6.07, 6.45) is 2.67. The Morgan fingerprint density at radius 2 is 2.05 bits per heavy atom. The number of fused-ring (bicyclic) bond motifs is 1. The van der Waals surface area contributed by atoms with E-state index in [4.69, 9.17) is 10.5 Å². The summed E-state index contributed by atoms with van der Waals surface area (Å²) in [7, 11) is 2.18. The molecule has 0 amide bonds. The number of likely N-dealkylation sites (tertiary alicyclic amines) is 1. The van der Waals surface area contributed by atoms with E-state index in [2.05, 4.69) is 36.2 Å². The van der Waals surface area contributed by atoms with Crippen LogP contribution in [-0.4, -0.2) is 31.1 Å². The van der Waals surface area contributed by atoms with E-state index >= 15 is 0 Å². The Labute approximate surface area is 124 Å². The van der Waals surface area contributed by atoms with Crippen LogP contribution in [-0.2, 0) is 17.9 Å². The van der Waals surface area contributed by atoms with Crippen LogP contribution >= 0.6 is 11.3 Å². The second-order valence-electron chi connectivity index (χ2n) is 5.52. The van der Waals surface area contributed by atoms with Gasteiger partial charge >= 0.3 is 0 Å². The molecule has 4 heteroatoms. The SMILES string of the molecule is CN1CCC(OCc2c(CN)sc3ccccc23)CC1. The zero-order valence-corrected chi connectivity index (χ0v) is 12.8. The molecule has 0 saturated carbocycles. The maximum absolute atomic E-state index is 6.15. The van der Waals surface area contributed by atoms with Crippen LogP contribution < -0.4 is 5.73 Å². The number of hydrogen-bond donors (Lipinski definition) is 1. The van der Waals surface area contributed by atoms with E-state index in [0.717, 1.165) is 25.9 Å². The van der Waals surface area contributed by atoms with E-state index in [1.54, 1.807) is 11.3 Å². The van der Waals surface area contributed by atoms with Crippen LogP contribution in [0.4, 0.5) is 0 Å². The van der Waals surface area contributed by atoms with Crippen LogP contribution in [0.15, 0.2) is 24.3 Å². The van der Waals surface area contributed by atoms with E-state index in [1.807, 2.05) is 0 Å². The summed E-state index contributed by atoms with van der Waals surface area (Å²) >= 11 is 1.80. The topological polar surface area (TPSA) is 38.5 Å². The molecule has 0 aliphatic carbocycles. The number of ether oxygens (including phenoxy) is 1. The van der Waals surface area contributed by atoms with Gasteiger partial charge in [-0.2, -0.15) is 0 Å². The maximum Gasteiger partial charge on any atom is 0.0738 e. The van der Waals surface area contributed by atoms with Gasteiger partial charge in [-0.1, -0.05) is 18.2 Å². The molecule has 108 valence electrons. The Morgan fingerprint density at radius 1 is 1.30 bits per heavy atom. The zero-order valence-electron chi connectivity index (χ0n) is 12.0. The lowest BCUT2D eigenvalue weighted by atomic mass is 10.1. The van der Waals surface area contributed by atoms with Crippen LogP contribution in [0, 0.1) is 0 Å². The third-order valence-corrected chi connectivity index (χ3v) is 5.33. The van der Waals surface area contributed by atoms with Gasteiger partial charge in [-0.25, -0.2) is 0 Å². The van der Waals surface area contributed by atoms with Gasteiger partial charge in [0.15, 0.2) is 0 Å². The van der Waals surface area contributed by atoms with Gasteiger partial charge < -0.3 is 15.4 Å². The third kappa shape index (κ3) is 2.88. The highest BCUT2D eigenvalue weighted by Gasteiger charge is 2.18. The van der Waals surface area contributed by atoms with Crippen molar-refractivity contribution < 1.29 is 4.74 Å². The van der Waals surface area contributed by atoms with E-state index in [-0.39, 0.29) is 0 Å². The first-order chi connectivity index (χ1) is 9.78. The average molecular weight is 290 g/mol. The normalized spacial score (nSPS) is 17.9. The van der Waals surface area contributed by atoms with E-state index in [1.165, 1.54) is 20.5 Å². The number of piperidine rings is 1. The van der Waals surface area contributed by atoms with Crippen molar-refractivity contribution >= 4 is 21.4 Å². The Morgan fingerprint density at radius 3 is 2.80 bits per heavy atom.